The monoisotopic (exact) mass is 371 g/mol. The van der Waals surface area contributed by atoms with Gasteiger partial charge in [0.2, 0.25) is 6.10 Å². The molecule has 3 aliphatic heterocycles. The van der Waals surface area contributed by atoms with Crippen LogP contribution in [0.5, 0.6) is 0 Å². The third-order valence-corrected chi connectivity index (χ3v) is 5.28. The van der Waals surface area contributed by atoms with Crippen molar-refractivity contribution in [1.82, 2.24) is 15.5 Å². The number of hydrogen-bond acceptors (Lipinski definition) is 5. The van der Waals surface area contributed by atoms with Gasteiger partial charge in [-0.15, -0.1) is 0 Å². The Hall–Kier alpha value is -2.61. The first-order valence-corrected chi connectivity index (χ1v) is 9.55. The fourth-order valence-electron chi connectivity index (χ4n) is 3.49. The van der Waals surface area contributed by atoms with Crippen molar-refractivity contribution in [1.29, 1.82) is 0 Å². The number of oxime groups is 1. The predicted octanol–water partition coefficient (Wildman–Crippen LogP) is 1.29. The van der Waals surface area contributed by atoms with Crippen LogP contribution in [0.25, 0.3) is 0 Å². The molecule has 1 unspecified atom stereocenters. The molecule has 0 saturated carbocycles. The molecule has 0 spiro atoms. The molecule has 27 heavy (non-hydrogen) atoms. The van der Waals surface area contributed by atoms with Crippen molar-refractivity contribution < 1.29 is 14.4 Å². The number of hydrogen-bond donors (Lipinski definition) is 3. The molecule has 0 aromatic heterocycles. The normalized spacial score (nSPS) is 22.0. The quantitative estimate of drug-likeness (QED) is 0.727. The molecule has 1 aromatic rings. The minimum Gasteiger partial charge on any atom is -0.382 e. The van der Waals surface area contributed by atoms with Crippen LogP contribution in [0.4, 0.5) is 10.5 Å². The van der Waals surface area contributed by atoms with Crippen molar-refractivity contribution in [2.75, 3.05) is 31.5 Å². The summed E-state index contributed by atoms with van der Waals surface area (Å²) >= 11 is 0. The number of nitrogens with zero attached hydrogens (tertiary/aromatic N) is 2. The van der Waals surface area contributed by atoms with Crippen molar-refractivity contribution in [2.45, 2.75) is 31.9 Å². The van der Waals surface area contributed by atoms with E-state index in [0.29, 0.717) is 18.9 Å². The third-order valence-electron chi connectivity index (χ3n) is 5.28. The molecule has 3 N–H and O–H groups in total. The Balaban J connectivity index is 1.26. The molecule has 0 bridgehead atoms. The van der Waals surface area contributed by atoms with Crippen LogP contribution in [-0.2, 0) is 16.2 Å². The largest absolute Gasteiger partial charge is 0.382 e. The van der Waals surface area contributed by atoms with Crippen LogP contribution < -0.4 is 16.0 Å². The molecule has 2 saturated heterocycles. The molecule has 8 heteroatoms. The number of benzene rings is 1. The Morgan fingerprint density at radius 3 is 2.81 bits per heavy atom. The number of rotatable bonds is 5. The average Bonchev–Trinajstić information content (AvgIpc) is 3.31. The van der Waals surface area contributed by atoms with Gasteiger partial charge >= 0.3 is 6.03 Å². The Labute approximate surface area is 158 Å². The lowest BCUT2D eigenvalue weighted by Crippen LogP contribution is -2.46. The third kappa shape index (κ3) is 4.21. The SMILES string of the molecule is O=C(NCc1cccc(NC(=O)N2CCCC2)c1)C1CC(C2CNC2)=NO1. The maximum absolute atomic E-state index is 12.3. The van der Waals surface area contributed by atoms with Crippen LogP contribution in [0.3, 0.4) is 0 Å². The second kappa shape index (κ2) is 7.96. The molecule has 3 aliphatic rings. The molecule has 1 aromatic carbocycles. The number of carbonyl (C=O) groups is 2. The van der Waals surface area contributed by atoms with Crippen LogP contribution in [0.2, 0.25) is 0 Å². The van der Waals surface area contributed by atoms with E-state index in [1.54, 1.807) is 0 Å². The van der Waals surface area contributed by atoms with Gasteiger partial charge in [0.05, 0.1) is 5.71 Å². The van der Waals surface area contributed by atoms with Gasteiger partial charge in [-0.2, -0.15) is 0 Å². The molecule has 2 fully saturated rings. The maximum Gasteiger partial charge on any atom is 0.321 e. The first-order valence-electron chi connectivity index (χ1n) is 9.55. The van der Waals surface area contributed by atoms with E-state index >= 15 is 0 Å². The summed E-state index contributed by atoms with van der Waals surface area (Å²) in [6.07, 6.45) is 2.14. The van der Waals surface area contributed by atoms with Gasteiger partial charge in [-0.05, 0) is 30.5 Å². The van der Waals surface area contributed by atoms with Gasteiger partial charge < -0.3 is 25.7 Å². The van der Waals surface area contributed by atoms with Gasteiger partial charge in [0.15, 0.2) is 0 Å². The number of anilines is 1. The van der Waals surface area contributed by atoms with Crippen molar-refractivity contribution in [2.24, 2.45) is 11.1 Å². The van der Waals surface area contributed by atoms with Crippen molar-refractivity contribution in [3.05, 3.63) is 29.8 Å². The fraction of sp³-hybridized carbons (Fsp3) is 0.526. The summed E-state index contributed by atoms with van der Waals surface area (Å²) in [4.78, 5) is 31.6. The van der Waals surface area contributed by atoms with Crippen molar-refractivity contribution in [3.8, 4) is 0 Å². The predicted molar refractivity (Wildman–Crippen MR) is 101 cm³/mol. The Morgan fingerprint density at radius 2 is 2.07 bits per heavy atom. The molecular formula is C19H25N5O3. The molecule has 4 rings (SSSR count). The number of likely N-dealkylation sites (tertiary alicyclic amines) is 1. The Kier molecular flexibility index (Phi) is 5.24. The molecule has 8 nitrogen and oxygen atoms in total. The maximum atomic E-state index is 12.3. The number of nitrogens with one attached hydrogen (secondary N) is 3. The van der Waals surface area contributed by atoms with E-state index in [9.17, 15) is 9.59 Å². The zero-order valence-corrected chi connectivity index (χ0v) is 15.2. The van der Waals surface area contributed by atoms with Gasteiger partial charge in [0.1, 0.15) is 0 Å². The standard InChI is InChI=1S/C19H25N5O3/c25-18(17-9-16(23-27-17)14-11-20-12-14)21-10-13-4-3-5-15(8-13)22-19(26)24-6-1-2-7-24/h3-5,8,14,17,20H,1-2,6-7,9-12H2,(H,21,25)(H,22,26). The second-order valence-electron chi connectivity index (χ2n) is 7.28. The van der Waals surface area contributed by atoms with Crippen molar-refractivity contribution in [3.63, 3.8) is 0 Å². The molecule has 1 atom stereocenters. The summed E-state index contributed by atoms with van der Waals surface area (Å²) in [5, 5.41) is 13.1. The smallest absolute Gasteiger partial charge is 0.321 e. The summed E-state index contributed by atoms with van der Waals surface area (Å²) in [5.74, 6) is 0.242. The molecule has 0 radical (unpaired) electrons. The van der Waals surface area contributed by atoms with E-state index < -0.39 is 6.10 Å². The van der Waals surface area contributed by atoms with Gasteiger partial charge in [0.25, 0.3) is 5.91 Å². The summed E-state index contributed by atoms with van der Waals surface area (Å²) in [5.41, 5.74) is 2.63. The highest BCUT2D eigenvalue weighted by atomic mass is 16.6. The summed E-state index contributed by atoms with van der Waals surface area (Å²) in [6, 6.07) is 7.46. The zero-order valence-electron chi connectivity index (χ0n) is 15.2. The number of urea groups is 1. The molecule has 0 aliphatic carbocycles. The van der Waals surface area contributed by atoms with E-state index in [1.165, 1.54) is 0 Å². The molecule has 144 valence electrons. The summed E-state index contributed by atoms with van der Waals surface area (Å²) < 4.78 is 0. The van der Waals surface area contributed by atoms with Crippen LogP contribution in [0.1, 0.15) is 24.8 Å². The summed E-state index contributed by atoms with van der Waals surface area (Å²) in [6.45, 7) is 3.82. The van der Waals surface area contributed by atoms with Gasteiger partial charge in [-0.1, -0.05) is 17.3 Å². The first-order chi connectivity index (χ1) is 13.2. The van der Waals surface area contributed by atoms with Crippen LogP contribution in [0.15, 0.2) is 29.4 Å². The lowest BCUT2D eigenvalue weighted by molar-refractivity contribution is -0.131. The Morgan fingerprint density at radius 1 is 1.26 bits per heavy atom. The highest BCUT2D eigenvalue weighted by Gasteiger charge is 2.34. The second-order valence-corrected chi connectivity index (χ2v) is 7.28. The van der Waals surface area contributed by atoms with Gasteiger partial charge in [-0.3, -0.25) is 4.79 Å². The van der Waals surface area contributed by atoms with Crippen molar-refractivity contribution >= 4 is 23.3 Å². The minimum atomic E-state index is -0.543. The number of amides is 3. The first kappa shape index (κ1) is 17.8. The van der Waals surface area contributed by atoms with Gasteiger partial charge in [-0.25, -0.2) is 4.79 Å². The topological polar surface area (TPSA) is 95.1 Å². The average molecular weight is 371 g/mol. The molecule has 3 heterocycles. The lowest BCUT2D eigenvalue weighted by atomic mass is 9.93. The Bertz CT molecular complexity index is 741. The van der Waals surface area contributed by atoms with Gasteiger partial charge in [0, 0.05) is 50.7 Å². The molecular weight excluding hydrogens is 346 g/mol. The highest BCUT2D eigenvalue weighted by molar-refractivity contribution is 5.94. The van der Waals surface area contributed by atoms with Crippen LogP contribution in [-0.4, -0.2) is 54.8 Å². The van der Waals surface area contributed by atoms with Crippen LogP contribution in [0, 0.1) is 5.92 Å². The van der Waals surface area contributed by atoms with E-state index in [4.69, 9.17) is 4.84 Å². The zero-order chi connectivity index (χ0) is 18.6. The molecule has 3 amide bonds. The summed E-state index contributed by atoms with van der Waals surface area (Å²) in [7, 11) is 0. The van der Waals surface area contributed by atoms with E-state index in [0.717, 1.165) is 56.0 Å². The number of carbonyl (C=O) groups excluding carboxylic acids is 2. The highest BCUT2D eigenvalue weighted by Crippen LogP contribution is 2.19. The van der Waals surface area contributed by atoms with E-state index in [2.05, 4.69) is 21.1 Å². The van der Waals surface area contributed by atoms with E-state index in [-0.39, 0.29) is 11.9 Å². The van der Waals surface area contributed by atoms with E-state index in [1.807, 2.05) is 29.2 Å². The fourth-order valence-corrected chi connectivity index (χ4v) is 3.49. The lowest BCUT2D eigenvalue weighted by Gasteiger charge is -2.26. The minimum absolute atomic E-state index is 0.0665. The van der Waals surface area contributed by atoms with Crippen LogP contribution >= 0.6 is 0 Å².